The van der Waals surface area contributed by atoms with Crippen molar-refractivity contribution in [3.63, 3.8) is 0 Å². The third-order valence-corrected chi connectivity index (χ3v) is 14.4. The first kappa shape index (κ1) is 32.5. The Morgan fingerprint density at radius 1 is 1.04 bits per heavy atom. The Labute approximate surface area is 300 Å². The molecule has 0 spiro atoms. The van der Waals surface area contributed by atoms with Crippen LogP contribution in [0.5, 0.6) is 0 Å². The molecular weight excluding hydrogens is 788 g/mol. The van der Waals surface area contributed by atoms with E-state index in [1.54, 1.807) is 17.5 Å². The van der Waals surface area contributed by atoms with E-state index in [1.807, 2.05) is 17.1 Å². The molecule has 0 radical (unpaired) electrons. The van der Waals surface area contributed by atoms with Gasteiger partial charge in [-0.05, 0) is 66.0 Å². The molecule has 0 saturated carbocycles. The number of fused-ring (bicyclic) bond motifs is 2. The minimum Gasteiger partial charge on any atom is -0.611 e. The number of morpholine rings is 1. The molecule has 1 saturated heterocycles. The number of thiazole rings is 1. The minimum atomic E-state index is -1.26. The van der Waals surface area contributed by atoms with Gasteiger partial charge in [0, 0.05) is 40.0 Å². The smallest absolute Gasteiger partial charge is 0.232 e. The first-order valence-corrected chi connectivity index (χ1v) is 21.3. The number of nitrogens with two attached hydrogens (primary N) is 1. The third kappa shape index (κ3) is 7.18. The highest BCUT2D eigenvalue weighted by Crippen LogP contribution is 2.42. The molecule has 1 fully saturated rings. The van der Waals surface area contributed by atoms with Gasteiger partial charge in [0.25, 0.3) is 0 Å². The molecule has 6 heterocycles. The predicted octanol–water partition coefficient (Wildman–Crippen LogP) is 8.17. The number of thiophene rings is 2. The zero-order valence-corrected chi connectivity index (χ0v) is 31.1. The van der Waals surface area contributed by atoms with E-state index >= 15 is 0 Å². The summed E-state index contributed by atoms with van der Waals surface area (Å²) < 4.78 is 22.4. The van der Waals surface area contributed by atoms with Crippen LogP contribution in [0.25, 0.3) is 42.5 Å². The lowest BCUT2D eigenvalue weighted by Gasteiger charge is -2.28. The summed E-state index contributed by atoms with van der Waals surface area (Å²) in [7, 11) is 0. The van der Waals surface area contributed by atoms with Gasteiger partial charge in [-0.2, -0.15) is 0 Å². The molecule has 1 unspecified atom stereocenters. The Kier molecular flexibility index (Phi) is 10.6. The quantitative estimate of drug-likeness (QED) is 0.0430. The van der Waals surface area contributed by atoms with Crippen LogP contribution < -0.4 is 10.6 Å². The summed E-state index contributed by atoms with van der Waals surface area (Å²) in [6.07, 6.45) is 4.56. The number of nitrogens with zero attached hydrogens (tertiary/aromatic N) is 5. The van der Waals surface area contributed by atoms with Crippen molar-refractivity contribution in [3.05, 3.63) is 59.6 Å². The van der Waals surface area contributed by atoms with Crippen LogP contribution in [-0.2, 0) is 22.3 Å². The predicted molar refractivity (Wildman–Crippen MR) is 205 cm³/mol. The van der Waals surface area contributed by atoms with Crippen LogP contribution in [0.4, 0.5) is 11.5 Å². The molecule has 0 amide bonds. The number of aromatic nitrogens is 4. The number of ether oxygens (including phenoxy) is 1. The van der Waals surface area contributed by atoms with E-state index in [4.69, 9.17) is 25.4 Å². The molecule has 2 N–H and O–H groups in total. The van der Waals surface area contributed by atoms with Gasteiger partial charge in [0.1, 0.15) is 26.9 Å². The van der Waals surface area contributed by atoms with Gasteiger partial charge in [-0.25, -0.2) is 19.9 Å². The number of pyridine rings is 1. The molecule has 0 aliphatic carbocycles. The third-order valence-electron chi connectivity index (χ3n) is 7.58. The summed E-state index contributed by atoms with van der Waals surface area (Å²) in [6, 6.07) is 15.1. The van der Waals surface area contributed by atoms with E-state index in [0.717, 1.165) is 55.7 Å². The summed E-state index contributed by atoms with van der Waals surface area (Å²) in [5.74, 6) is 3.00. The van der Waals surface area contributed by atoms with Gasteiger partial charge < -0.3 is 19.9 Å². The van der Waals surface area contributed by atoms with Crippen LogP contribution in [0.2, 0.25) is 0 Å². The Morgan fingerprint density at radius 3 is 2.76 bits per heavy atom. The molecule has 1 atom stereocenters. The molecule has 1 aliphatic rings. The second-order valence-electron chi connectivity index (χ2n) is 10.7. The van der Waals surface area contributed by atoms with Gasteiger partial charge in [-0.3, -0.25) is 0 Å². The highest BCUT2D eigenvalue weighted by molar-refractivity contribution is 14.1. The van der Waals surface area contributed by atoms with E-state index < -0.39 is 11.2 Å². The Morgan fingerprint density at radius 2 is 1.93 bits per heavy atom. The van der Waals surface area contributed by atoms with E-state index in [0.29, 0.717) is 47.8 Å². The Hall–Kier alpha value is -2.05. The van der Waals surface area contributed by atoms with Gasteiger partial charge >= 0.3 is 0 Å². The van der Waals surface area contributed by atoms with E-state index in [-0.39, 0.29) is 0 Å². The van der Waals surface area contributed by atoms with Crippen LogP contribution in [0.3, 0.4) is 0 Å². The minimum absolute atomic E-state index is 0.512. The lowest BCUT2D eigenvalue weighted by molar-refractivity contribution is 0.122. The first-order valence-electron chi connectivity index (χ1n) is 15.0. The van der Waals surface area contributed by atoms with Crippen LogP contribution >= 0.6 is 68.4 Å². The molecule has 1 aliphatic heterocycles. The number of rotatable bonds is 12. The lowest BCUT2D eigenvalue weighted by atomic mass is 10.0. The Bertz CT molecular complexity index is 1940. The van der Waals surface area contributed by atoms with Crippen molar-refractivity contribution in [3.8, 4) is 22.1 Å². The van der Waals surface area contributed by atoms with Crippen molar-refractivity contribution < 1.29 is 9.29 Å². The van der Waals surface area contributed by atoms with E-state index in [9.17, 15) is 4.55 Å². The van der Waals surface area contributed by atoms with Crippen molar-refractivity contribution in [1.29, 1.82) is 0 Å². The maximum absolute atomic E-state index is 13.7. The molecule has 6 aromatic rings. The van der Waals surface area contributed by atoms with Crippen molar-refractivity contribution in [1.82, 2.24) is 19.9 Å². The average molecular weight is 819 g/mol. The summed E-state index contributed by atoms with van der Waals surface area (Å²) in [5, 5.41) is 4.65. The van der Waals surface area contributed by atoms with Crippen LogP contribution in [0.1, 0.15) is 18.4 Å². The van der Waals surface area contributed by atoms with Crippen molar-refractivity contribution in [2.24, 2.45) is 0 Å². The van der Waals surface area contributed by atoms with Crippen LogP contribution in [0.15, 0.2) is 62.5 Å². The maximum Gasteiger partial charge on any atom is 0.232 e. The fourth-order valence-corrected chi connectivity index (χ4v) is 11.6. The van der Waals surface area contributed by atoms with Crippen LogP contribution in [0, 0.1) is 0 Å². The van der Waals surface area contributed by atoms with E-state index in [1.165, 1.54) is 48.7 Å². The van der Waals surface area contributed by atoms with Gasteiger partial charge in [0.2, 0.25) is 4.21 Å². The fraction of sp³-hybridized carbons (Fsp3) is 0.312. The second kappa shape index (κ2) is 15.0. The number of hydrogen-bond acceptors (Lipinski definition) is 12. The highest BCUT2D eigenvalue weighted by atomic mass is 127. The molecular formula is C32H31IN6O2S5. The SMILES string of the molecule is Nc1c([S+]([O-])CCCc2cccc(-c3ccc4cc(SCCCI)sc4n3)c2)sc2nc(-c3nccs3)nc(N3CCOCC3)c12. The number of nitrogen functional groups attached to an aromatic ring is 1. The zero-order chi connectivity index (χ0) is 31.5. The average Bonchev–Trinajstić information content (AvgIpc) is 3.84. The monoisotopic (exact) mass is 818 g/mol. The molecule has 7 rings (SSSR count). The van der Waals surface area contributed by atoms with E-state index in [2.05, 4.69) is 74.9 Å². The number of anilines is 2. The first-order chi connectivity index (χ1) is 22.6. The van der Waals surface area contributed by atoms with Crippen molar-refractivity contribution in [2.75, 3.05) is 52.9 Å². The van der Waals surface area contributed by atoms with Crippen molar-refractivity contribution >= 4 is 111 Å². The topological polar surface area (TPSA) is 113 Å². The number of benzene rings is 1. The van der Waals surface area contributed by atoms with Gasteiger partial charge in [-0.1, -0.05) is 52.1 Å². The Balaban J connectivity index is 1.06. The zero-order valence-electron chi connectivity index (χ0n) is 24.8. The largest absolute Gasteiger partial charge is 0.611 e. The number of aryl methyl sites for hydroxylation is 1. The lowest BCUT2D eigenvalue weighted by Crippen LogP contribution is -2.37. The molecule has 1 aromatic carbocycles. The molecule has 8 nitrogen and oxygen atoms in total. The van der Waals surface area contributed by atoms with Gasteiger partial charge in [0.05, 0.1) is 28.5 Å². The number of halogens is 1. The van der Waals surface area contributed by atoms with Gasteiger partial charge in [-0.15, -0.1) is 34.4 Å². The molecule has 5 aromatic heterocycles. The summed E-state index contributed by atoms with van der Waals surface area (Å²) in [5.41, 5.74) is 10.5. The fourth-order valence-electron chi connectivity index (χ4n) is 5.33. The molecule has 0 bridgehead atoms. The normalized spacial score (nSPS) is 14.4. The molecule has 46 heavy (non-hydrogen) atoms. The molecule has 238 valence electrons. The standard InChI is InChI=1S/C32H31IN6O2S5/c33-9-3-15-42-24-19-22-7-8-23(36-29(22)44-24)21-6-1-4-20(18-21)5-2-17-46(40)32-26(34)25-28(39-11-13-41-14-12-39)37-27(38-30(25)45-32)31-35-10-16-43-31/h1,4,6-8,10,16,18-19H,2-3,5,9,11-15,17,34H2. The number of thioether (sulfide) groups is 1. The van der Waals surface area contributed by atoms with Crippen molar-refractivity contribution in [2.45, 2.75) is 27.7 Å². The maximum atomic E-state index is 13.7. The van der Waals surface area contributed by atoms with Crippen LogP contribution in [-0.4, -0.2) is 66.7 Å². The summed E-state index contributed by atoms with van der Waals surface area (Å²) in [6.45, 7) is 2.68. The number of alkyl halides is 1. The second-order valence-corrected chi connectivity index (χ2v) is 17.9. The summed E-state index contributed by atoms with van der Waals surface area (Å²) in [4.78, 5) is 23.1. The number of hydrogen-bond donors (Lipinski definition) is 1. The molecule has 14 heteroatoms. The summed E-state index contributed by atoms with van der Waals surface area (Å²) >= 11 is 7.78. The highest BCUT2D eigenvalue weighted by Gasteiger charge is 2.28. The van der Waals surface area contributed by atoms with Gasteiger partial charge in [0.15, 0.2) is 10.8 Å².